The Hall–Kier alpha value is -4.11. The van der Waals surface area contributed by atoms with Crippen molar-refractivity contribution in [2.24, 2.45) is 7.05 Å². The first kappa shape index (κ1) is 24.6. The summed E-state index contributed by atoms with van der Waals surface area (Å²) in [5.74, 6) is 0.235. The maximum absolute atomic E-state index is 13.7. The molecule has 0 atom stereocenters. The van der Waals surface area contributed by atoms with Crippen molar-refractivity contribution >= 4 is 26.7 Å². The molecule has 5 aromatic rings. The second-order valence-corrected chi connectivity index (χ2v) is 10.4. The van der Waals surface area contributed by atoms with Gasteiger partial charge in [0.2, 0.25) is 0 Å². The van der Waals surface area contributed by atoms with E-state index in [0.717, 1.165) is 17.7 Å². The van der Waals surface area contributed by atoms with E-state index in [4.69, 9.17) is 0 Å². The van der Waals surface area contributed by atoms with Crippen molar-refractivity contribution in [2.45, 2.75) is 18.0 Å². The first-order chi connectivity index (χ1) is 17.6. The standard InChI is InChI=1S/C28H22F3N3O2S/c1-18-10-13-20(14-11-18)37(35,36)33-27-26(22-7-3-4-9-25(22)34(27)2)21-15-12-19(28(29,30)31)17-23(21)24-8-5-6-16-32-24/h3-17,33H,1-2H3. The van der Waals surface area contributed by atoms with Crippen LogP contribution in [0.25, 0.3) is 33.3 Å². The normalized spacial score (nSPS) is 12.1. The second kappa shape index (κ2) is 9.08. The lowest BCUT2D eigenvalue weighted by atomic mass is 9.94. The molecule has 9 heteroatoms. The average Bonchev–Trinajstić information content (AvgIpc) is 3.14. The van der Waals surface area contributed by atoms with E-state index in [2.05, 4.69) is 9.71 Å². The number of pyridine rings is 1. The van der Waals surface area contributed by atoms with Gasteiger partial charge in [-0.15, -0.1) is 0 Å². The van der Waals surface area contributed by atoms with Gasteiger partial charge in [-0.05, 0) is 55.0 Å². The number of halogens is 3. The minimum absolute atomic E-state index is 0.0756. The maximum atomic E-state index is 13.7. The van der Waals surface area contributed by atoms with Crippen molar-refractivity contribution in [3.63, 3.8) is 0 Å². The van der Waals surface area contributed by atoms with Crippen molar-refractivity contribution < 1.29 is 21.6 Å². The molecular weight excluding hydrogens is 499 g/mol. The summed E-state index contributed by atoms with van der Waals surface area (Å²) in [5.41, 5.74) is 2.26. The van der Waals surface area contributed by atoms with Crippen molar-refractivity contribution in [2.75, 3.05) is 4.72 Å². The van der Waals surface area contributed by atoms with Gasteiger partial charge in [0.05, 0.1) is 21.7 Å². The summed E-state index contributed by atoms with van der Waals surface area (Å²) >= 11 is 0. The zero-order valence-corrected chi connectivity index (χ0v) is 20.7. The third-order valence-electron chi connectivity index (χ3n) is 6.23. The number of fused-ring (bicyclic) bond motifs is 1. The van der Waals surface area contributed by atoms with Crippen LogP contribution in [0.15, 0.2) is 96.0 Å². The molecule has 0 aliphatic rings. The number of anilines is 1. The number of nitrogens with zero attached hydrogens (tertiary/aromatic N) is 2. The number of aryl methyl sites for hydroxylation is 2. The number of sulfonamides is 1. The van der Waals surface area contributed by atoms with Crippen LogP contribution in [-0.2, 0) is 23.2 Å². The average molecular weight is 522 g/mol. The van der Waals surface area contributed by atoms with Gasteiger partial charge in [0.1, 0.15) is 5.82 Å². The summed E-state index contributed by atoms with van der Waals surface area (Å²) in [4.78, 5) is 4.37. The van der Waals surface area contributed by atoms with E-state index in [1.54, 1.807) is 48.0 Å². The lowest BCUT2D eigenvalue weighted by molar-refractivity contribution is -0.137. The Morgan fingerprint density at radius 2 is 1.57 bits per heavy atom. The predicted molar refractivity (Wildman–Crippen MR) is 139 cm³/mol. The molecule has 0 unspecified atom stereocenters. The number of hydrogen-bond acceptors (Lipinski definition) is 3. The molecule has 0 amide bonds. The molecule has 0 bridgehead atoms. The van der Waals surface area contributed by atoms with Crippen LogP contribution in [0, 0.1) is 6.92 Å². The summed E-state index contributed by atoms with van der Waals surface area (Å²) < 4.78 is 72.2. The number of para-hydroxylation sites is 1. The van der Waals surface area contributed by atoms with Crippen LogP contribution in [-0.4, -0.2) is 18.0 Å². The van der Waals surface area contributed by atoms with Crippen molar-refractivity contribution in [3.05, 3.63) is 102 Å². The van der Waals surface area contributed by atoms with Gasteiger partial charge in [0.25, 0.3) is 10.0 Å². The minimum atomic E-state index is -4.56. The molecule has 37 heavy (non-hydrogen) atoms. The van der Waals surface area contributed by atoms with Crippen LogP contribution in [0.5, 0.6) is 0 Å². The minimum Gasteiger partial charge on any atom is -0.329 e. The topological polar surface area (TPSA) is 64.0 Å². The first-order valence-corrected chi connectivity index (χ1v) is 12.8. The second-order valence-electron chi connectivity index (χ2n) is 8.69. The monoisotopic (exact) mass is 521 g/mol. The Kier molecular flexibility index (Phi) is 6.03. The van der Waals surface area contributed by atoms with Crippen molar-refractivity contribution in [3.8, 4) is 22.4 Å². The number of hydrogen-bond donors (Lipinski definition) is 1. The van der Waals surface area contributed by atoms with E-state index in [1.165, 1.54) is 24.4 Å². The number of benzene rings is 3. The molecule has 0 saturated heterocycles. The molecule has 188 valence electrons. The van der Waals surface area contributed by atoms with E-state index in [9.17, 15) is 21.6 Å². The van der Waals surface area contributed by atoms with Gasteiger partial charge in [0.15, 0.2) is 0 Å². The fourth-order valence-electron chi connectivity index (χ4n) is 4.36. The molecule has 0 aliphatic heterocycles. The van der Waals surface area contributed by atoms with Crippen molar-refractivity contribution in [1.82, 2.24) is 9.55 Å². The van der Waals surface area contributed by atoms with Crippen LogP contribution in [0.4, 0.5) is 19.0 Å². The zero-order valence-electron chi connectivity index (χ0n) is 19.9. The lowest BCUT2D eigenvalue weighted by Crippen LogP contribution is -2.15. The largest absolute Gasteiger partial charge is 0.416 e. The van der Waals surface area contributed by atoms with E-state index in [1.807, 2.05) is 25.1 Å². The molecule has 5 nitrogen and oxygen atoms in total. The summed E-state index contributed by atoms with van der Waals surface area (Å²) in [6.07, 6.45) is -3.06. The third-order valence-corrected chi connectivity index (χ3v) is 7.58. The summed E-state index contributed by atoms with van der Waals surface area (Å²) in [6, 6.07) is 22.1. The summed E-state index contributed by atoms with van der Waals surface area (Å²) in [6.45, 7) is 1.86. The summed E-state index contributed by atoms with van der Waals surface area (Å²) in [7, 11) is -2.29. The van der Waals surface area contributed by atoms with Crippen molar-refractivity contribution in [1.29, 1.82) is 0 Å². The van der Waals surface area contributed by atoms with Crippen LogP contribution in [0.3, 0.4) is 0 Å². The molecule has 0 saturated carbocycles. The maximum Gasteiger partial charge on any atom is 0.416 e. The van der Waals surface area contributed by atoms with Crippen LogP contribution in [0.2, 0.25) is 0 Å². The molecule has 3 aromatic carbocycles. The molecular formula is C28H22F3N3O2S. The third kappa shape index (κ3) is 4.58. The fourth-order valence-corrected chi connectivity index (χ4v) is 5.47. The quantitative estimate of drug-likeness (QED) is 0.270. The van der Waals surface area contributed by atoms with Gasteiger partial charge in [-0.3, -0.25) is 9.71 Å². The Labute approximate surface area is 212 Å². The molecule has 2 heterocycles. The Morgan fingerprint density at radius 1 is 0.865 bits per heavy atom. The van der Waals surface area contributed by atoms with Gasteiger partial charge in [-0.1, -0.05) is 48.0 Å². The molecule has 0 spiro atoms. The SMILES string of the molecule is Cc1ccc(S(=O)(=O)Nc2c(-c3ccc(C(F)(F)F)cc3-c3ccccn3)c3ccccc3n2C)cc1. The van der Waals surface area contributed by atoms with Gasteiger partial charge in [0, 0.05) is 29.8 Å². The van der Waals surface area contributed by atoms with E-state index >= 15 is 0 Å². The highest BCUT2D eigenvalue weighted by Gasteiger charge is 2.32. The highest BCUT2D eigenvalue weighted by atomic mass is 32.2. The Bertz CT molecular complexity index is 1710. The van der Waals surface area contributed by atoms with Crippen LogP contribution in [0.1, 0.15) is 11.1 Å². The van der Waals surface area contributed by atoms with Crippen LogP contribution < -0.4 is 4.72 Å². The van der Waals surface area contributed by atoms with Gasteiger partial charge in [-0.2, -0.15) is 13.2 Å². The van der Waals surface area contributed by atoms with E-state index < -0.39 is 21.8 Å². The number of aromatic nitrogens is 2. The van der Waals surface area contributed by atoms with E-state index in [-0.39, 0.29) is 16.3 Å². The van der Waals surface area contributed by atoms with Gasteiger partial charge < -0.3 is 4.57 Å². The Morgan fingerprint density at radius 3 is 2.24 bits per heavy atom. The number of rotatable bonds is 5. The van der Waals surface area contributed by atoms with E-state index in [0.29, 0.717) is 27.7 Å². The molecule has 0 fully saturated rings. The predicted octanol–water partition coefficient (Wildman–Crippen LogP) is 7.04. The molecule has 1 N–H and O–H groups in total. The molecule has 0 radical (unpaired) electrons. The molecule has 0 aliphatic carbocycles. The zero-order chi connectivity index (χ0) is 26.4. The fraction of sp³-hybridized carbons (Fsp3) is 0.107. The highest BCUT2D eigenvalue weighted by Crippen LogP contribution is 2.44. The lowest BCUT2D eigenvalue weighted by Gasteiger charge is -2.16. The number of nitrogens with one attached hydrogen (secondary N) is 1. The number of alkyl halides is 3. The molecule has 2 aromatic heterocycles. The van der Waals surface area contributed by atoms with Gasteiger partial charge in [-0.25, -0.2) is 8.42 Å². The Balaban J connectivity index is 1.79. The first-order valence-electron chi connectivity index (χ1n) is 11.4. The highest BCUT2D eigenvalue weighted by molar-refractivity contribution is 7.92. The molecule has 5 rings (SSSR count). The van der Waals surface area contributed by atoms with Crippen LogP contribution >= 0.6 is 0 Å². The van der Waals surface area contributed by atoms with Gasteiger partial charge >= 0.3 is 6.18 Å². The summed E-state index contributed by atoms with van der Waals surface area (Å²) in [5, 5.41) is 0.684. The smallest absolute Gasteiger partial charge is 0.329 e.